The predicted octanol–water partition coefficient (Wildman–Crippen LogP) is 5.17. The maximum atomic E-state index is 14.2. The van der Waals surface area contributed by atoms with Gasteiger partial charge in [-0.05, 0) is 42.2 Å². The molecule has 5 rings (SSSR count). The molecule has 0 saturated carbocycles. The van der Waals surface area contributed by atoms with Crippen LogP contribution in [-0.2, 0) is 0 Å². The fraction of sp³-hybridized carbons (Fsp3) is 0.0667. The van der Waals surface area contributed by atoms with E-state index in [9.17, 15) is 4.79 Å². The number of aromatic amines is 1. The molecule has 0 aliphatic heterocycles. The summed E-state index contributed by atoms with van der Waals surface area (Å²) in [5.74, 6) is 1.42. The third-order valence-electron chi connectivity index (χ3n) is 5.96. The van der Waals surface area contributed by atoms with Crippen LogP contribution in [0.4, 0.5) is 0 Å². The first-order valence-electron chi connectivity index (χ1n) is 11.6. The highest BCUT2D eigenvalue weighted by Gasteiger charge is 2.52. The number of hydrogen-bond donors (Lipinski definition) is 1. The number of aromatic nitrogens is 2. The lowest BCUT2D eigenvalue weighted by molar-refractivity contribution is 1.05. The molecule has 0 aliphatic carbocycles. The van der Waals surface area contributed by atoms with E-state index >= 15 is 0 Å². The molecule has 0 radical (unpaired) electrons. The van der Waals surface area contributed by atoms with Crippen LogP contribution in [0.1, 0.15) is 6.92 Å². The summed E-state index contributed by atoms with van der Waals surface area (Å²) < 4.78 is 0. The van der Waals surface area contributed by atoms with Crippen LogP contribution in [0.25, 0.3) is 11.4 Å². The molecule has 0 bridgehead atoms. The van der Waals surface area contributed by atoms with E-state index in [0.717, 1.165) is 37.6 Å². The molecule has 3 nitrogen and oxygen atoms in total. The SMILES string of the molecule is CCSc1nc(-c2ccccc2)[nH]c(=O)c1[P+](c1ccccc1)(c1ccccc1)c1ccccc1. The van der Waals surface area contributed by atoms with E-state index in [4.69, 9.17) is 4.98 Å². The average molecular weight is 494 g/mol. The lowest BCUT2D eigenvalue weighted by Crippen LogP contribution is -2.46. The Kier molecular flexibility index (Phi) is 6.94. The van der Waals surface area contributed by atoms with Crippen LogP contribution in [0.2, 0.25) is 0 Å². The van der Waals surface area contributed by atoms with Crippen LogP contribution in [0.15, 0.2) is 131 Å². The number of benzene rings is 4. The van der Waals surface area contributed by atoms with Gasteiger partial charge < -0.3 is 4.98 Å². The molecule has 5 heteroatoms. The summed E-state index contributed by atoms with van der Waals surface area (Å²) in [6.07, 6.45) is 0. The maximum Gasteiger partial charge on any atom is 0.296 e. The Morgan fingerprint density at radius 2 is 1.11 bits per heavy atom. The molecule has 1 N–H and O–H groups in total. The lowest BCUT2D eigenvalue weighted by Gasteiger charge is -2.27. The highest BCUT2D eigenvalue weighted by Crippen LogP contribution is 2.54. The van der Waals surface area contributed by atoms with Crippen molar-refractivity contribution in [1.29, 1.82) is 0 Å². The van der Waals surface area contributed by atoms with Crippen molar-refractivity contribution in [3.05, 3.63) is 132 Å². The summed E-state index contributed by atoms with van der Waals surface area (Å²) in [6, 6.07) is 41.2. The lowest BCUT2D eigenvalue weighted by atomic mass is 10.2. The molecular weight excluding hydrogens is 467 g/mol. The van der Waals surface area contributed by atoms with Crippen molar-refractivity contribution in [2.75, 3.05) is 5.75 Å². The molecule has 172 valence electrons. The summed E-state index contributed by atoms with van der Waals surface area (Å²) in [5.41, 5.74) is 0.817. The van der Waals surface area contributed by atoms with Crippen molar-refractivity contribution in [3.8, 4) is 11.4 Å². The molecule has 4 aromatic carbocycles. The van der Waals surface area contributed by atoms with E-state index < -0.39 is 7.26 Å². The summed E-state index contributed by atoms with van der Waals surface area (Å²) in [4.78, 5) is 22.4. The van der Waals surface area contributed by atoms with Gasteiger partial charge in [-0.1, -0.05) is 91.9 Å². The summed E-state index contributed by atoms with van der Waals surface area (Å²) in [6.45, 7) is 2.10. The average Bonchev–Trinajstić information content (AvgIpc) is 2.93. The van der Waals surface area contributed by atoms with E-state index in [1.165, 1.54) is 0 Å². The maximum absolute atomic E-state index is 14.2. The number of hydrogen-bond acceptors (Lipinski definition) is 3. The van der Waals surface area contributed by atoms with E-state index in [1.807, 2.05) is 48.5 Å². The minimum absolute atomic E-state index is 0.0836. The standard InChI is InChI=1S/C30H25N2OPS/c1-2-35-30-27(29(33)31-28(32-30)23-15-7-3-8-16-23)34(24-17-9-4-10-18-24,25-19-11-5-12-20-25)26-21-13-6-14-22-26/h3-22H,2H2,1H3/p+1. The fourth-order valence-corrected chi connectivity index (χ4v) is 9.99. The van der Waals surface area contributed by atoms with Crippen LogP contribution in [-0.4, -0.2) is 15.7 Å². The normalized spacial score (nSPS) is 11.3. The Morgan fingerprint density at radius 3 is 1.54 bits per heavy atom. The number of rotatable bonds is 7. The van der Waals surface area contributed by atoms with Crippen molar-refractivity contribution in [2.45, 2.75) is 11.9 Å². The van der Waals surface area contributed by atoms with Gasteiger partial charge in [0.25, 0.3) is 5.56 Å². The first kappa shape index (κ1) is 23.3. The van der Waals surface area contributed by atoms with Gasteiger partial charge in [0.2, 0.25) is 5.30 Å². The zero-order valence-electron chi connectivity index (χ0n) is 19.5. The number of thioether (sulfide) groups is 1. The number of H-pyrrole nitrogens is 1. The van der Waals surface area contributed by atoms with Crippen LogP contribution in [0.3, 0.4) is 0 Å². The molecule has 35 heavy (non-hydrogen) atoms. The zero-order chi connectivity index (χ0) is 24.1. The molecule has 0 amide bonds. The third kappa shape index (κ3) is 4.36. The van der Waals surface area contributed by atoms with Gasteiger partial charge in [0, 0.05) is 5.56 Å². The molecule has 1 heterocycles. The third-order valence-corrected chi connectivity index (χ3v) is 11.3. The second-order valence-corrected chi connectivity index (χ2v) is 12.6. The number of nitrogens with one attached hydrogen (secondary N) is 1. The Hall–Kier alpha value is -3.46. The summed E-state index contributed by atoms with van der Waals surface area (Å²) >= 11 is 1.63. The largest absolute Gasteiger partial charge is 0.303 e. The Morgan fingerprint density at radius 1 is 0.686 bits per heavy atom. The predicted molar refractivity (Wildman–Crippen MR) is 151 cm³/mol. The van der Waals surface area contributed by atoms with E-state index in [2.05, 4.69) is 84.7 Å². The van der Waals surface area contributed by atoms with E-state index in [0.29, 0.717) is 5.82 Å². The van der Waals surface area contributed by atoms with E-state index in [1.54, 1.807) is 11.8 Å². The second-order valence-electron chi connectivity index (χ2n) is 8.04. The minimum atomic E-state index is -2.55. The fourth-order valence-electron chi connectivity index (χ4n) is 4.50. The van der Waals surface area contributed by atoms with Crippen molar-refractivity contribution >= 4 is 40.2 Å². The molecule has 0 atom stereocenters. The van der Waals surface area contributed by atoms with Crippen LogP contribution in [0.5, 0.6) is 0 Å². The van der Waals surface area contributed by atoms with Gasteiger partial charge in [0.15, 0.2) is 7.26 Å². The summed E-state index contributed by atoms with van der Waals surface area (Å²) in [7, 11) is -2.55. The first-order chi connectivity index (χ1) is 17.2. The van der Waals surface area contributed by atoms with Gasteiger partial charge in [0.1, 0.15) is 26.8 Å². The van der Waals surface area contributed by atoms with Gasteiger partial charge >= 0.3 is 0 Å². The highest BCUT2D eigenvalue weighted by atomic mass is 32.2. The molecule has 5 aromatic rings. The second kappa shape index (κ2) is 10.4. The molecule has 0 spiro atoms. The Labute approximate surface area is 210 Å². The molecular formula is C30H26N2OPS+. The first-order valence-corrected chi connectivity index (χ1v) is 14.4. The van der Waals surface area contributed by atoms with Gasteiger partial charge in [0.05, 0.1) is 0 Å². The van der Waals surface area contributed by atoms with Crippen LogP contribution < -0.4 is 26.8 Å². The molecule has 0 saturated heterocycles. The minimum Gasteiger partial charge on any atom is -0.303 e. The summed E-state index contributed by atoms with van der Waals surface area (Å²) in [5, 5.41) is 4.95. The van der Waals surface area contributed by atoms with E-state index in [-0.39, 0.29) is 5.56 Å². The van der Waals surface area contributed by atoms with Crippen molar-refractivity contribution in [1.82, 2.24) is 9.97 Å². The van der Waals surface area contributed by atoms with Crippen molar-refractivity contribution in [3.63, 3.8) is 0 Å². The smallest absolute Gasteiger partial charge is 0.296 e. The Bertz CT molecular complexity index is 1360. The van der Waals surface area contributed by atoms with Crippen molar-refractivity contribution in [2.24, 2.45) is 0 Å². The zero-order valence-corrected chi connectivity index (χ0v) is 21.2. The van der Waals surface area contributed by atoms with Gasteiger partial charge in [-0.25, -0.2) is 4.98 Å². The topological polar surface area (TPSA) is 45.8 Å². The monoisotopic (exact) mass is 493 g/mol. The van der Waals surface area contributed by atoms with Crippen molar-refractivity contribution < 1.29 is 0 Å². The quantitative estimate of drug-likeness (QED) is 0.193. The van der Waals surface area contributed by atoms with Gasteiger partial charge in [-0.3, -0.25) is 4.79 Å². The molecule has 0 fully saturated rings. The number of nitrogens with zero attached hydrogens (tertiary/aromatic N) is 1. The molecule has 0 unspecified atom stereocenters. The molecule has 0 aliphatic rings. The van der Waals surface area contributed by atoms with Gasteiger partial charge in [-0.15, -0.1) is 11.8 Å². The van der Waals surface area contributed by atoms with Crippen LogP contribution in [0, 0.1) is 0 Å². The highest BCUT2D eigenvalue weighted by molar-refractivity contribution is 8.04. The van der Waals surface area contributed by atoms with Gasteiger partial charge in [-0.2, -0.15) is 0 Å². The molecule has 1 aromatic heterocycles. The van der Waals surface area contributed by atoms with Crippen LogP contribution >= 0.6 is 19.0 Å². The Balaban J connectivity index is 1.92.